The molecule has 1 heterocycles. The van der Waals surface area contributed by atoms with E-state index in [4.69, 9.17) is 9.47 Å². The minimum Gasteiger partial charge on any atom is -0.454 e. The van der Waals surface area contributed by atoms with Crippen LogP contribution in [0.15, 0.2) is 42.5 Å². The molecule has 144 valence electrons. The van der Waals surface area contributed by atoms with Gasteiger partial charge in [0, 0.05) is 20.1 Å². The Bertz CT molecular complexity index is 807. The van der Waals surface area contributed by atoms with Crippen molar-refractivity contribution in [2.45, 2.75) is 19.1 Å². The van der Waals surface area contributed by atoms with Crippen molar-refractivity contribution in [2.75, 3.05) is 20.4 Å². The van der Waals surface area contributed by atoms with Crippen LogP contribution in [-0.4, -0.2) is 31.3 Å². The third-order valence-corrected chi connectivity index (χ3v) is 4.17. The molecule has 0 saturated heterocycles. The van der Waals surface area contributed by atoms with Crippen LogP contribution in [0.2, 0.25) is 0 Å². The van der Waals surface area contributed by atoms with Crippen LogP contribution in [0.25, 0.3) is 0 Å². The second kappa shape index (κ2) is 7.77. The number of hydrogen-bond donors (Lipinski definition) is 1. The van der Waals surface area contributed by atoms with Gasteiger partial charge in [0.05, 0.1) is 5.56 Å². The lowest BCUT2D eigenvalue weighted by Crippen LogP contribution is -2.37. The van der Waals surface area contributed by atoms with E-state index in [0.29, 0.717) is 31.0 Å². The van der Waals surface area contributed by atoms with Gasteiger partial charge in [-0.2, -0.15) is 13.2 Å². The van der Waals surface area contributed by atoms with Gasteiger partial charge in [-0.1, -0.05) is 18.2 Å². The largest absolute Gasteiger partial charge is 0.454 e. The van der Waals surface area contributed by atoms with Crippen LogP contribution in [0.3, 0.4) is 0 Å². The van der Waals surface area contributed by atoms with Gasteiger partial charge in [0.15, 0.2) is 11.5 Å². The van der Waals surface area contributed by atoms with Crippen molar-refractivity contribution in [3.63, 3.8) is 0 Å². The van der Waals surface area contributed by atoms with Crippen LogP contribution < -0.4 is 14.8 Å². The number of ether oxygens (including phenoxy) is 2. The summed E-state index contributed by atoms with van der Waals surface area (Å²) >= 11 is 0. The number of alkyl halides is 3. The number of urea groups is 1. The smallest absolute Gasteiger partial charge is 0.416 e. The fourth-order valence-corrected chi connectivity index (χ4v) is 2.69. The average molecular weight is 380 g/mol. The maximum Gasteiger partial charge on any atom is 0.416 e. The summed E-state index contributed by atoms with van der Waals surface area (Å²) in [5.74, 6) is 1.34. The predicted octanol–water partition coefficient (Wildman–Crippen LogP) is 3.82. The maximum atomic E-state index is 12.5. The van der Waals surface area contributed by atoms with Gasteiger partial charge in [-0.25, -0.2) is 4.79 Å². The molecule has 0 radical (unpaired) electrons. The van der Waals surface area contributed by atoms with E-state index in [1.165, 1.54) is 17.0 Å². The Morgan fingerprint density at radius 1 is 1.07 bits per heavy atom. The Labute approximate surface area is 154 Å². The Hall–Kier alpha value is -2.90. The molecular formula is C19H19F3N2O3. The molecule has 0 aliphatic carbocycles. The Balaban J connectivity index is 1.46. The summed E-state index contributed by atoms with van der Waals surface area (Å²) in [6.45, 7) is 0.914. The molecule has 1 aliphatic heterocycles. The topological polar surface area (TPSA) is 50.8 Å². The molecule has 5 nitrogen and oxygen atoms in total. The Morgan fingerprint density at radius 3 is 2.44 bits per heavy atom. The van der Waals surface area contributed by atoms with Crippen LogP contribution in [0.5, 0.6) is 11.5 Å². The number of amides is 2. The molecular weight excluding hydrogens is 361 g/mol. The van der Waals surface area contributed by atoms with Crippen molar-refractivity contribution in [1.29, 1.82) is 0 Å². The minimum atomic E-state index is -4.34. The molecule has 0 aromatic heterocycles. The Kier molecular flexibility index (Phi) is 5.43. The van der Waals surface area contributed by atoms with Crippen molar-refractivity contribution < 1.29 is 27.4 Å². The van der Waals surface area contributed by atoms with Crippen molar-refractivity contribution >= 4 is 6.03 Å². The fraction of sp³-hybridized carbons (Fsp3) is 0.316. The molecule has 2 aromatic rings. The first-order valence-electron chi connectivity index (χ1n) is 8.36. The van der Waals surface area contributed by atoms with Crippen molar-refractivity contribution in [2.24, 2.45) is 0 Å². The molecule has 0 atom stereocenters. The molecule has 0 fully saturated rings. The summed E-state index contributed by atoms with van der Waals surface area (Å²) < 4.78 is 48.2. The van der Waals surface area contributed by atoms with E-state index in [-0.39, 0.29) is 12.8 Å². The van der Waals surface area contributed by atoms with E-state index >= 15 is 0 Å². The third kappa shape index (κ3) is 4.84. The SMILES string of the molecule is CN(Cc1ccc2c(c1)OCO2)C(=O)NCCc1ccc(C(F)(F)F)cc1. The molecule has 2 aromatic carbocycles. The quantitative estimate of drug-likeness (QED) is 0.858. The number of carbonyl (C=O) groups excluding carboxylic acids is 1. The lowest BCUT2D eigenvalue weighted by Gasteiger charge is -2.18. The lowest BCUT2D eigenvalue weighted by atomic mass is 10.1. The lowest BCUT2D eigenvalue weighted by molar-refractivity contribution is -0.137. The minimum absolute atomic E-state index is 0.194. The highest BCUT2D eigenvalue weighted by Gasteiger charge is 2.29. The van der Waals surface area contributed by atoms with E-state index in [1.54, 1.807) is 13.1 Å². The molecule has 0 unspecified atom stereocenters. The molecule has 0 bridgehead atoms. The number of fused-ring (bicyclic) bond motifs is 1. The van der Waals surface area contributed by atoms with Gasteiger partial charge in [-0.3, -0.25) is 0 Å². The van der Waals surface area contributed by atoms with E-state index < -0.39 is 11.7 Å². The van der Waals surface area contributed by atoms with E-state index in [1.807, 2.05) is 12.1 Å². The zero-order valence-corrected chi connectivity index (χ0v) is 14.7. The molecule has 27 heavy (non-hydrogen) atoms. The van der Waals surface area contributed by atoms with Crippen molar-refractivity contribution in [1.82, 2.24) is 10.2 Å². The summed E-state index contributed by atoms with van der Waals surface area (Å²) in [5.41, 5.74) is 0.945. The zero-order chi connectivity index (χ0) is 19.4. The second-order valence-corrected chi connectivity index (χ2v) is 6.22. The number of carbonyl (C=O) groups is 1. The first kappa shape index (κ1) is 18.9. The number of hydrogen-bond acceptors (Lipinski definition) is 3. The van der Waals surface area contributed by atoms with Crippen molar-refractivity contribution in [3.8, 4) is 11.5 Å². The summed E-state index contributed by atoms with van der Waals surface area (Å²) in [7, 11) is 1.66. The fourth-order valence-electron chi connectivity index (χ4n) is 2.69. The molecule has 8 heteroatoms. The monoisotopic (exact) mass is 380 g/mol. The molecule has 3 rings (SSSR count). The van der Waals surface area contributed by atoms with Gasteiger partial charge in [0.2, 0.25) is 6.79 Å². The number of benzene rings is 2. The number of nitrogens with zero attached hydrogens (tertiary/aromatic N) is 1. The van der Waals surface area contributed by atoms with E-state index in [2.05, 4.69) is 5.32 Å². The number of halogens is 3. The van der Waals surface area contributed by atoms with Crippen LogP contribution in [0.4, 0.5) is 18.0 Å². The highest BCUT2D eigenvalue weighted by Crippen LogP contribution is 2.32. The predicted molar refractivity (Wildman–Crippen MR) is 92.6 cm³/mol. The standard InChI is InChI=1S/C19H19F3N2O3/c1-24(11-14-4-7-16-17(10-14)27-12-26-16)18(25)23-9-8-13-2-5-15(6-3-13)19(20,21)22/h2-7,10H,8-9,11-12H2,1H3,(H,23,25). The third-order valence-electron chi connectivity index (χ3n) is 4.17. The van der Waals surface area contributed by atoms with E-state index in [0.717, 1.165) is 23.3 Å². The number of rotatable bonds is 5. The summed E-state index contributed by atoms with van der Waals surface area (Å²) in [6.07, 6.45) is -3.90. The first-order valence-corrected chi connectivity index (χ1v) is 8.36. The highest BCUT2D eigenvalue weighted by atomic mass is 19.4. The van der Waals surface area contributed by atoms with Crippen LogP contribution in [0, 0.1) is 0 Å². The van der Waals surface area contributed by atoms with Crippen molar-refractivity contribution in [3.05, 3.63) is 59.2 Å². The Morgan fingerprint density at radius 2 is 1.74 bits per heavy atom. The molecule has 0 spiro atoms. The summed E-state index contributed by atoms with van der Waals surface area (Å²) in [5, 5.41) is 2.76. The van der Waals surface area contributed by atoms with Crippen LogP contribution in [-0.2, 0) is 19.1 Å². The summed E-state index contributed by atoms with van der Waals surface area (Å²) in [4.78, 5) is 13.7. The summed E-state index contributed by atoms with van der Waals surface area (Å²) in [6, 6.07) is 10.2. The van der Waals surface area contributed by atoms with Crippen LogP contribution >= 0.6 is 0 Å². The average Bonchev–Trinajstić information content (AvgIpc) is 3.09. The normalized spacial score (nSPS) is 12.7. The molecule has 1 aliphatic rings. The van der Waals surface area contributed by atoms with Gasteiger partial charge in [0.1, 0.15) is 0 Å². The zero-order valence-electron chi connectivity index (χ0n) is 14.7. The maximum absolute atomic E-state index is 12.5. The van der Waals surface area contributed by atoms with Gasteiger partial charge in [0.25, 0.3) is 0 Å². The highest BCUT2D eigenvalue weighted by molar-refractivity contribution is 5.73. The number of nitrogens with one attached hydrogen (secondary N) is 1. The van der Waals surface area contributed by atoms with Gasteiger partial charge < -0.3 is 19.7 Å². The molecule has 0 saturated carbocycles. The molecule has 2 amide bonds. The molecule has 1 N–H and O–H groups in total. The van der Waals surface area contributed by atoms with Gasteiger partial charge in [-0.15, -0.1) is 0 Å². The second-order valence-electron chi connectivity index (χ2n) is 6.22. The van der Waals surface area contributed by atoms with Gasteiger partial charge >= 0.3 is 12.2 Å². The van der Waals surface area contributed by atoms with E-state index in [9.17, 15) is 18.0 Å². The first-order chi connectivity index (χ1) is 12.8. The van der Waals surface area contributed by atoms with Crippen LogP contribution in [0.1, 0.15) is 16.7 Å². The van der Waals surface area contributed by atoms with Gasteiger partial charge in [-0.05, 0) is 41.8 Å².